The summed E-state index contributed by atoms with van der Waals surface area (Å²) in [6.45, 7) is 3.54. The van der Waals surface area contributed by atoms with Crippen molar-refractivity contribution in [1.29, 1.82) is 0 Å². The first kappa shape index (κ1) is 15.3. The SMILES string of the molecule is CC(C)[C@@H](N)C(=O)NC1CCCCC1C(F)(F)F. The van der Waals surface area contributed by atoms with E-state index in [1.165, 1.54) is 0 Å². The summed E-state index contributed by atoms with van der Waals surface area (Å²) in [5, 5.41) is 2.47. The smallest absolute Gasteiger partial charge is 0.351 e. The van der Waals surface area contributed by atoms with Gasteiger partial charge >= 0.3 is 6.18 Å². The highest BCUT2D eigenvalue weighted by molar-refractivity contribution is 5.82. The molecule has 3 atom stereocenters. The molecule has 1 aliphatic rings. The number of carbonyl (C=O) groups excluding carboxylic acids is 1. The molecule has 0 aromatic rings. The highest BCUT2D eigenvalue weighted by atomic mass is 19.4. The van der Waals surface area contributed by atoms with Gasteiger partial charge in [-0.3, -0.25) is 4.79 Å². The molecule has 106 valence electrons. The quantitative estimate of drug-likeness (QED) is 0.823. The Bertz CT molecular complexity index is 292. The van der Waals surface area contributed by atoms with Crippen LogP contribution in [0.3, 0.4) is 0 Å². The van der Waals surface area contributed by atoms with Crippen LogP contribution in [0.4, 0.5) is 13.2 Å². The van der Waals surface area contributed by atoms with Gasteiger partial charge in [-0.25, -0.2) is 0 Å². The van der Waals surface area contributed by atoms with Crippen LogP contribution >= 0.6 is 0 Å². The third-order valence-corrected chi connectivity index (χ3v) is 3.54. The van der Waals surface area contributed by atoms with Gasteiger partial charge in [-0.2, -0.15) is 13.2 Å². The molecule has 0 bridgehead atoms. The van der Waals surface area contributed by atoms with Crippen LogP contribution < -0.4 is 11.1 Å². The normalized spacial score (nSPS) is 27.1. The van der Waals surface area contributed by atoms with Gasteiger partial charge in [0.05, 0.1) is 12.0 Å². The van der Waals surface area contributed by atoms with Gasteiger partial charge < -0.3 is 11.1 Å². The van der Waals surface area contributed by atoms with Gasteiger partial charge in [0.1, 0.15) is 0 Å². The fourth-order valence-electron chi connectivity index (χ4n) is 2.28. The van der Waals surface area contributed by atoms with E-state index in [1.54, 1.807) is 13.8 Å². The summed E-state index contributed by atoms with van der Waals surface area (Å²) in [7, 11) is 0. The highest BCUT2D eigenvalue weighted by Crippen LogP contribution is 2.37. The van der Waals surface area contributed by atoms with Crippen molar-refractivity contribution < 1.29 is 18.0 Å². The second-order valence-electron chi connectivity index (χ2n) is 5.32. The van der Waals surface area contributed by atoms with Crippen LogP contribution in [-0.4, -0.2) is 24.2 Å². The summed E-state index contributed by atoms with van der Waals surface area (Å²) in [6, 6.07) is -1.57. The zero-order valence-corrected chi connectivity index (χ0v) is 10.8. The Morgan fingerprint density at radius 1 is 1.28 bits per heavy atom. The second kappa shape index (κ2) is 5.91. The van der Waals surface area contributed by atoms with E-state index in [4.69, 9.17) is 5.73 Å². The third kappa shape index (κ3) is 3.86. The number of nitrogens with one attached hydrogen (secondary N) is 1. The molecule has 1 saturated carbocycles. The van der Waals surface area contributed by atoms with Crippen LogP contribution in [0, 0.1) is 11.8 Å². The van der Waals surface area contributed by atoms with Crippen molar-refractivity contribution in [2.75, 3.05) is 0 Å². The monoisotopic (exact) mass is 266 g/mol. The van der Waals surface area contributed by atoms with Gasteiger partial charge in [0.15, 0.2) is 0 Å². The van der Waals surface area contributed by atoms with Crippen molar-refractivity contribution in [1.82, 2.24) is 5.32 Å². The van der Waals surface area contributed by atoms with Gasteiger partial charge in [0.25, 0.3) is 0 Å². The Balaban J connectivity index is 2.65. The maximum atomic E-state index is 12.8. The van der Waals surface area contributed by atoms with Crippen molar-refractivity contribution in [3.8, 4) is 0 Å². The zero-order chi connectivity index (χ0) is 13.9. The molecule has 18 heavy (non-hydrogen) atoms. The molecule has 0 aromatic carbocycles. The molecule has 3 nitrogen and oxygen atoms in total. The second-order valence-corrected chi connectivity index (χ2v) is 5.32. The Morgan fingerprint density at radius 3 is 2.33 bits per heavy atom. The van der Waals surface area contributed by atoms with Crippen LogP contribution in [-0.2, 0) is 4.79 Å². The number of amides is 1. The lowest BCUT2D eigenvalue weighted by Gasteiger charge is -2.34. The minimum atomic E-state index is -4.25. The van der Waals surface area contributed by atoms with Crippen LogP contribution in [0.25, 0.3) is 0 Å². The summed E-state index contributed by atoms with van der Waals surface area (Å²) in [6.07, 6.45) is -2.51. The van der Waals surface area contributed by atoms with Crippen LogP contribution in [0.15, 0.2) is 0 Å². The lowest BCUT2D eigenvalue weighted by molar-refractivity contribution is -0.189. The van der Waals surface area contributed by atoms with Crippen LogP contribution in [0.2, 0.25) is 0 Å². The maximum Gasteiger partial charge on any atom is 0.393 e. The molecule has 1 fully saturated rings. The maximum absolute atomic E-state index is 12.8. The number of alkyl halides is 3. The van der Waals surface area contributed by atoms with E-state index in [0.29, 0.717) is 19.3 Å². The predicted molar refractivity (Wildman–Crippen MR) is 62.8 cm³/mol. The van der Waals surface area contributed by atoms with E-state index < -0.39 is 30.1 Å². The third-order valence-electron chi connectivity index (χ3n) is 3.54. The van der Waals surface area contributed by atoms with Crippen molar-refractivity contribution in [3.05, 3.63) is 0 Å². The zero-order valence-electron chi connectivity index (χ0n) is 10.8. The number of halogens is 3. The van der Waals surface area contributed by atoms with Crippen molar-refractivity contribution in [2.24, 2.45) is 17.6 Å². The molecule has 0 aliphatic heterocycles. The largest absolute Gasteiger partial charge is 0.393 e. The van der Waals surface area contributed by atoms with Gasteiger partial charge in [0.2, 0.25) is 5.91 Å². The first-order valence-electron chi connectivity index (χ1n) is 6.36. The molecule has 0 radical (unpaired) electrons. The molecule has 1 amide bonds. The van der Waals surface area contributed by atoms with E-state index in [0.717, 1.165) is 0 Å². The summed E-state index contributed by atoms with van der Waals surface area (Å²) >= 11 is 0. The number of nitrogens with two attached hydrogens (primary N) is 1. The Labute approximate surface area is 105 Å². The molecule has 1 rings (SSSR count). The van der Waals surface area contributed by atoms with E-state index >= 15 is 0 Å². The number of hydrogen-bond donors (Lipinski definition) is 2. The van der Waals surface area contributed by atoms with E-state index in [1.807, 2.05) is 0 Å². The first-order valence-corrected chi connectivity index (χ1v) is 6.36. The molecule has 6 heteroatoms. The molecule has 1 aliphatic carbocycles. The van der Waals surface area contributed by atoms with Crippen molar-refractivity contribution in [2.45, 2.75) is 57.8 Å². The van der Waals surface area contributed by atoms with Crippen LogP contribution in [0.1, 0.15) is 39.5 Å². The van der Waals surface area contributed by atoms with Gasteiger partial charge in [-0.1, -0.05) is 26.7 Å². The van der Waals surface area contributed by atoms with E-state index in [9.17, 15) is 18.0 Å². The number of rotatable bonds is 3. The molecule has 2 unspecified atom stereocenters. The summed E-state index contributed by atoms with van der Waals surface area (Å²) in [5.41, 5.74) is 5.64. The molecular weight excluding hydrogens is 245 g/mol. The highest BCUT2D eigenvalue weighted by Gasteiger charge is 2.46. The van der Waals surface area contributed by atoms with Crippen molar-refractivity contribution in [3.63, 3.8) is 0 Å². The molecule has 0 aromatic heterocycles. The Kier molecular flexibility index (Phi) is 5.01. The molecule has 0 spiro atoms. The fourth-order valence-corrected chi connectivity index (χ4v) is 2.28. The lowest BCUT2D eigenvalue weighted by atomic mass is 9.83. The van der Waals surface area contributed by atoms with Gasteiger partial charge in [-0.15, -0.1) is 0 Å². The predicted octanol–water partition coefficient (Wildman–Crippen LogP) is 2.21. The van der Waals surface area contributed by atoms with Gasteiger partial charge in [-0.05, 0) is 18.8 Å². The fraction of sp³-hybridized carbons (Fsp3) is 0.917. The van der Waals surface area contributed by atoms with Gasteiger partial charge in [0, 0.05) is 6.04 Å². The molecule has 0 saturated heterocycles. The molecule has 3 N–H and O–H groups in total. The summed E-state index contributed by atoms with van der Waals surface area (Å²) < 4.78 is 38.5. The summed E-state index contributed by atoms with van der Waals surface area (Å²) in [4.78, 5) is 11.7. The summed E-state index contributed by atoms with van der Waals surface area (Å²) in [5.74, 6) is -2.00. The topological polar surface area (TPSA) is 55.1 Å². The van der Waals surface area contributed by atoms with E-state index in [-0.39, 0.29) is 12.3 Å². The molecule has 0 heterocycles. The number of carbonyl (C=O) groups is 1. The first-order chi connectivity index (χ1) is 8.23. The minimum absolute atomic E-state index is 0.0853. The molecular formula is C12H21F3N2O. The average molecular weight is 266 g/mol. The van der Waals surface area contributed by atoms with E-state index in [2.05, 4.69) is 5.32 Å². The minimum Gasteiger partial charge on any atom is -0.351 e. The lowest BCUT2D eigenvalue weighted by Crippen LogP contribution is -2.53. The Morgan fingerprint density at radius 2 is 1.83 bits per heavy atom. The number of hydrogen-bond acceptors (Lipinski definition) is 2. The standard InChI is InChI=1S/C12H21F3N2O/c1-7(2)10(16)11(18)17-9-6-4-3-5-8(9)12(13,14)15/h7-10H,3-6,16H2,1-2H3,(H,17,18)/t8?,9?,10-/m1/s1. The van der Waals surface area contributed by atoms with Crippen molar-refractivity contribution >= 4 is 5.91 Å². The van der Waals surface area contributed by atoms with Crippen LogP contribution in [0.5, 0.6) is 0 Å². The Hall–Kier alpha value is -0.780. The average Bonchev–Trinajstić information content (AvgIpc) is 2.27.